The Balaban J connectivity index is -0.000000210. The van der Waals surface area contributed by atoms with Crippen LogP contribution >= 0.6 is 73.0 Å². The van der Waals surface area contributed by atoms with Crippen molar-refractivity contribution in [3.8, 4) is 0 Å². The second kappa shape index (κ2) is 38.0. The van der Waals surface area contributed by atoms with Crippen LogP contribution in [0.1, 0.15) is 89.9 Å². The molecular weight excluding hydrogens is 1430 g/mol. The Labute approximate surface area is 472 Å². The lowest BCUT2D eigenvalue weighted by molar-refractivity contribution is -0.370. The number of Topliss-reactive ketones (excluding diaryl/α,β-unsaturated/α-hetero) is 1. The zero-order chi connectivity index (χ0) is 65.5. The number of carbonyl (C=O) groups is 1. The van der Waals surface area contributed by atoms with Gasteiger partial charge in [0.2, 0.25) is 0 Å². The summed E-state index contributed by atoms with van der Waals surface area (Å²) in [5, 5.41) is 36.8. The molecule has 0 aromatic rings. The highest BCUT2D eigenvalue weighted by Gasteiger charge is 2.72. The third-order valence-corrected chi connectivity index (χ3v) is 11.1. The van der Waals surface area contributed by atoms with E-state index in [1.807, 2.05) is 6.08 Å². The third kappa shape index (κ3) is 34.1. The fourth-order valence-electron chi connectivity index (χ4n) is 4.26. The number of unbranched alkanes of at least 4 members (excludes halogenated alkanes) is 5. The highest BCUT2D eigenvalue weighted by Crippen LogP contribution is 2.49. The Morgan fingerprint density at radius 1 is 0.350 bits per heavy atom. The zero-order valence-electron chi connectivity index (χ0n) is 40.1. The van der Waals surface area contributed by atoms with Crippen LogP contribution in [0.5, 0.6) is 0 Å². The van der Waals surface area contributed by atoms with E-state index in [1.54, 1.807) is 0 Å². The summed E-state index contributed by atoms with van der Waals surface area (Å²) in [5.41, 5.74) is -18.6. The van der Waals surface area contributed by atoms with E-state index in [2.05, 4.69) is 79.6 Å². The van der Waals surface area contributed by atoms with E-state index < -0.39 is 116 Å². The maximum Gasteiger partial charge on any atom is 0.459 e. The van der Waals surface area contributed by atoms with Crippen molar-refractivity contribution < 1.29 is 157 Å². The van der Waals surface area contributed by atoms with E-state index in [0.717, 1.165) is 23.9 Å². The van der Waals surface area contributed by atoms with Gasteiger partial charge >= 0.3 is 67.5 Å². The molecule has 40 heteroatoms. The van der Waals surface area contributed by atoms with E-state index in [1.165, 1.54) is 6.42 Å². The molecule has 4 N–H and O–H groups in total. The highest BCUT2D eigenvalue weighted by atomic mass is 79.9. The third-order valence-electron chi connectivity index (χ3n) is 8.91. The van der Waals surface area contributed by atoms with Gasteiger partial charge in [-0.25, -0.2) is 0 Å². The van der Waals surface area contributed by atoms with Gasteiger partial charge in [-0.15, -0.1) is 6.58 Å². The van der Waals surface area contributed by atoms with Gasteiger partial charge in [-0.05, 0) is 75.7 Å². The number of ketones is 1. The van der Waals surface area contributed by atoms with Gasteiger partial charge in [0.15, 0.2) is 0 Å². The van der Waals surface area contributed by atoms with E-state index in [-0.39, 0.29) is 38.5 Å². The first-order chi connectivity index (χ1) is 35.3. The van der Waals surface area contributed by atoms with Crippen molar-refractivity contribution in [1.82, 2.24) is 0 Å². The summed E-state index contributed by atoms with van der Waals surface area (Å²) >= 11 is 16.8. The molecule has 0 spiro atoms. The molecule has 0 atom stereocenters. The minimum atomic E-state index is -5.82. The van der Waals surface area contributed by atoms with Gasteiger partial charge in [-0.1, -0.05) is 91.0 Å². The molecule has 0 aromatic carbocycles. The van der Waals surface area contributed by atoms with Crippen molar-refractivity contribution in [2.24, 2.45) is 0 Å². The molecule has 0 amide bonds. The molecule has 0 heterocycles. The number of hydrogen-bond donors (Lipinski definition) is 6. The molecular formula is C40H51Br3F30O5S2. The lowest BCUT2D eigenvalue weighted by atomic mass is 9.95. The molecule has 80 heavy (non-hydrogen) atoms. The van der Waals surface area contributed by atoms with Crippen LogP contribution in [0.2, 0.25) is 0 Å². The number of thiol groups is 2. The average Bonchev–Trinajstić information content (AvgIpc) is 3.25. The maximum absolute atomic E-state index is 12.1. The van der Waals surface area contributed by atoms with Gasteiger partial charge in [0.05, 0.1) is 0 Å². The fourth-order valence-corrected chi connectivity index (χ4v) is 5.61. The van der Waals surface area contributed by atoms with Gasteiger partial charge < -0.3 is 20.4 Å². The summed E-state index contributed by atoms with van der Waals surface area (Å²) in [6.45, 7) is 3.58. The topological polar surface area (TPSA) is 98.0 Å². The van der Waals surface area contributed by atoms with Crippen molar-refractivity contribution in [3.05, 3.63) is 37.0 Å². The SMILES string of the molecule is C=CCCCBr.O=C(C(F)(F)F)C(F)(F)F.OC(C/C=C/CCBr)(C(F)(F)F)C(F)(F)F.OC(C/C=C/CCS)(C(F)(F)F)C(F)(F)F.OC(CCCCCBr)(C(F)(F)F)C(F)(F)F.OC(CCCCCS)(C(F)(F)F)C(F)(F)F. The van der Waals surface area contributed by atoms with Crippen molar-refractivity contribution in [2.75, 3.05) is 27.5 Å². The quantitative estimate of drug-likeness (QED) is 0.0226. The van der Waals surface area contributed by atoms with Gasteiger partial charge in [-0.2, -0.15) is 157 Å². The fraction of sp³-hybridized carbons (Fsp3) is 0.825. The van der Waals surface area contributed by atoms with Crippen LogP contribution in [0.3, 0.4) is 0 Å². The number of halogens is 33. The second-order valence-corrected chi connectivity index (χ2v) is 18.5. The molecule has 0 aliphatic rings. The lowest BCUT2D eigenvalue weighted by Gasteiger charge is -2.32. The smallest absolute Gasteiger partial charge is 0.374 e. The predicted molar refractivity (Wildman–Crippen MR) is 248 cm³/mol. The summed E-state index contributed by atoms with van der Waals surface area (Å²) in [4.78, 5) is 9.24. The Kier molecular flexibility index (Phi) is 42.8. The van der Waals surface area contributed by atoms with Crippen molar-refractivity contribution in [3.63, 3.8) is 0 Å². The number of carbonyl (C=O) groups excluding carboxylic acids is 1. The van der Waals surface area contributed by atoms with Crippen LogP contribution in [-0.4, -0.2) is 138 Å². The summed E-state index contributed by atoms with van der Waals surface area (Å²) in [6.07, 6.45) is -54.3. The van der Waals surface area contributed by atoms with Crippen LogP contribution in [0, 0.1) is 0 Å². The molecule has 0 fully saturated rings. The van der Waals surface area contributed by atoms with Crippen molar-refractivity contribution >= 4 is 78.8 Å². The summed E-state index contributed by atoms with van der Waals surface area (Å²) < 4.78 is 356. The molecule has 0 saturated heterocycles. The average molecular weight is 1490 g/mol. The Hall–Kier alpha value is -1.23. The van der Waals surface area contributed by atoms with Crippen molar-refractivity contribution in [2.45, 2.75) is 174 Å². The van der Waals surface area contributed by atoms with Crippen molar-refractivity contribution in [1.29, 1.82) is 0 Å². The minimum absolute atomic E-state index is 0.165. The van der Waals surface area contributed by atoms with Gasteiger partial charge in [0.1, 0.15) is 0 Å². The number of aliphatic hydroxyl groups is 4. The standard InChI is InChI=1S/C8H11BrF6O.C8H9BrF6O.C8H12F6OS.C8H10F6OS.C5H9Br.C3F6O/c2*9-5-3-1-2-4-6(16,7(10,11)12)8(13,14)15;2*9-7(10,11)6(15,8(12,13)14)4-2-1-3-5-16;1-2-3-4-5-6;4-2(5,6)1(10)3(7,8)9/h16H,1-5H2;1-2,16H,3-5H2;15-16H,1-5H2;1-2,15-16H,3-5H2;2H,1,3-5H2;/b;2-1+;;2-1+;;. The van der Waals surface area contributed by atoms with Crippen LogP contribution in [-0.2, 0) is 4.79 Å². The monoisotopic (exact) mass is 1480 g/mol. The van der Waals surface area contributed by atoms with E-state index >= 15 is 0 Å². The molecule has 5 nitrogen and oxygen atoms in total. The first-order valence-electron chi connectivity index (χ1n) is 21.2. The number of rotatable bonds is 21. The lowest BCUT2D eigenvalue weighted by Crippen LogP contribution is -2.56. The molecule has 0 aromatic heterocycles. The first kappa shape index (κ1) is 90.0. The maximum atomic E-state index is 12.1. The van der Waals surface area contributed by atoms with E-state index in [9.17, 15) is 137 Å². The Bertz CT molecular complexity index is 1530. The second-order valence-electron chi connectivity index (χ2n) is 15.2. The van der Waals surface area contributed by atoms with E-state index in [4.69, 9.17) is 20.4 Å². The number of allylic oxidation sites excluding steroid dienone is 3. The summed E-state index contributed by atoms with van der Waals surface area (Å²) in [6, 6.07) is 0. The Morgan fingerprint density at radius 3 is 0.812 bits per heavy atom. The van der Waals surface area contributed by atoms with Crippen LogP contribution in [0.25, 0.3) is 0 Å². The van der Waals surface area contributed by atoms with Gasteiger partial charge in [0.25, 0.3) is 22.4 Å². The largest absolute Gasteiger partial charge is 0.459 e. The predicted octanol–water partition coefficient (Wildman–Crippen LogP) is 17.8. The van der Waals surface area contributed by atoms with E-state index in [0.29, 0.717) is 47.2 Å². The molecule has 0 saturated carbocycles. The summed E-state index contributed by atoms with van der Waals surface area (Å²) in [5.74, 6) is -3.00. The van der Waals surface area contributed by atoms with Crippen LogP contribution in [0.15, 0.2) is 37.0 Å². The molecule has 0 aliphatic carbocycles. The van der Waals surface area contributed by atoms with Crippen LogP contribution < -0.4 is 0 Å². The molecule has 0 aliphatic heterocycles. The molecule has 0 radical (unpaired) electrons. The van der Waals surface area contributed by atoms with Gasteiger partial charge in [-0.3, -0.25) is 4.79 Å². The molecule has 484 valence electrons. The summed E-state index contributed by atoms with van der Waals surface area (Å²) in [7, 11) is 0. The Morgan fingerprint density at radius 2 is 0.625 bits per heavy atom. The molecule has 0 rings (SSSR count). The highest BCUT2D eigenvalue weighted by molar-refractivity contribution is 9.09. The molecule has 0 unspecified atom stereocenters. The first-order valence-corrected chi connectivity index (χ1v) is 25.9. The number of alkyl halides is 33. The van der Waals surface area contributed by atoms with Gasteiger partial charge in [0, 0.05) is 28.8 Å². The van der Waals surface area contributed by atoms with Crippen LogP contribution in [0.4, 0.5) is 132 Å². The molecule has 0 bridgehead atoms. The normalized spacial score (nSPS) is 13.9. The number of hydrogen-bond acceptors (Lipinski definition) is 7. The zero-order valence-corrected chi connectivity index (χ0v) is 46.6. The minimum Gasteiger partial charge on any atom is -0.374 e.